The molecule has 1 aliphatic heterocycles. The van der Waals surface area contributed by atoms with E-state index in [-0.39, 0.29) is 49.4 Å². The molecule has 0 radical (unpaired) electrons. The van der Waals surface area contributed by atoms with Crippen LogP contribution in [0.4, 0.5) is 4.39 Å². The minimum atomic E-state index is -1.31. The molecule has 1 atom stereocenters. The predicted molar refractivity (Wildman–Crippen MR) is 133 cm³/mol. The highest BCUT2D eigenvalue weighted by Crippen LogP contribution is 2.30. The van der Waals surface area contributed by atoms with Gasteiger partial charge in [0, 0.05) is 24.1 Å². The van der Waals surface area contributed by atoms with Gasteiger partial charge in [-0.05, 0) is 55.5 Å². The third kappa shape index (κ3) is 5.13. The molecule has 36 heavy (non-hydrogen) atoms. The molecule has 10 heteroatoms. The number of hydrogen-bond acceptors (Lipinski definition) is 6. The molecule has 1 N–H and O–H groups in total. The molecule has 0 saturated heterocycles. The summed E-state index contributed by atoms with van der Waals surface area (Å²) in [6.45, 7) is 3.94. The summed E-state index contributed by atoms with van der Waals surface area (Å²) >= 11 is 1.61. The topological polar surface area (TPSA) is 93.5 Å². The van der Waals surface area contributed by atoms with Crippen LogP contribution in [0, 0.1) is 5.82 Å². The van der Waals surface area contributed by atoms with E-state index in [9.17, 15) is 18.8 Å². The first-order chi connectivity index (χ1) is 17.2. The Hall–Kier alpha value is -3.66. The van der Waals surface area contributed by atoms with Crippen molar-refractivity contribution in [2.45, 2.75) is 43.9 Å². The molecular formula is C26H27FN4O4S. The van der Waals surface area contributed by atoms with E-state index in [0.717, 1.165) is 16.0 Å². The van der Waals surface area contributed by atoms with E-state index in [1.54, 1.807) is 37.7 Å². The highest BCUT2D eigenvalue weighted by Gasteiger charge is 2.48. The van der Waals surface area contributed by atoms with E-state index < -0.39 is 17.4 Å². The number of rotatable bonds is 8. The third-order valence-corrected chi connectivity index (χ3v) is 6.88. The zero-order valence-electron chi connectivity index (χ0n) is 20.3. The van der Waals surface area contributed by atoms with Crippen molar-refractivity contribution in [1.29, 1.82) is 0 Å². The van der Waals surface area contributed by atoms with Gasteiger partial charge in [0.1, 0.15) is 17.1 Å². The van der Waals surface area contributed by atoms with Gasteiger partial charge in [-0.2, -0.15) is 5.10 Å². The van der Waals surface area contributed by atoms with Gasteiger partial charge >= 0.3 is 5.97 Å². The number of benzene rings is 2. The van der Waals surface area contributed by atoms with Crippen molar-refractivity contribution in [3.63, 3.8) is 0 Å². The van der Waals surface area contributed by atoms with Crippen molar-refractivity contribution in [2.24, 2.45) is 0 Å². The molecule has 2 amide bonds. The van der Waals surface area contributed by atoms with Crippen LogP contribution in [0.15, 0.2) is 59.5 Å². The van der Waals surface area contributed by atoms with Crippen LogP contribution in [-0.4, -0.2) is 50.9 Å². The summed E-state index contributed by atoms with van der Waals surface area (Å²) in [5.74, 6) is -1.80. The fourth-order valence-corrected chi connectivity index (χ4v) is 4.49. The Kier molecular flexibility index (Phi) is 7.44. The van der Waals surface area contributed by atoms with Gasteiger partial charge in [-0.3, -0.25) is 14.3 Å². The van der Waals surface area contributed by atoms with Crippen LogP contribution in [0.1, 0.15) is 46.0 Å². The number of carbonyl (C=O) groups is 3. The van der Waals surface area contributed by atoms with Gasteiger partial charge in [-0.1, -0.05) is 24.3 Å². The van der Waals surface area contributed by atoms with Crippen LogP contribution in [0.25, 0.3) is 0 Å². The molecule has 1 unspecified atom stereocenters. The van der Waals surface area contributed by atoms with E-state index in [1.807, 2.05) is 30.5 Å². The second kappa shape index (κ2) is 10.5. The summed E-state index contributed by atoms with van der Waals surface area (Å²) in [6.07, 6.45) is 1.98. The molecule has 1 aliphatic rings. The first-order valence-electron chi connectivity index (χ1n) is 11.5. The Labute approximate surface area is 212 Å². The van der Waals surface area contributed by atoms with E-state index >= 15 is 0 Å². The number of nitrogens with zero attached hydrogens (tertiary/aromatic N) is 3. The first-order valence-corrected chi connectivity index (χ1v) is 12.7. The number of carbonyl (C=O) groups excluding carboxylic acids is 3. The summed E-state index contributed by atoms with van der Waals surface area (Å²) < 4.78 is 19.7. The van der Waals surface area contributed by atoms with Gasteiger partial charge in [0.25, 0.3) is 5.91 Å². The highest BCUT2D eigenvalue weighted by molar-refractivity contribution is 7.98. The second-order valence-corrected chi connectivity index (χ2v) is 9.49. The molecule has 0 spiro atoms. The Morgan fingerprint density at radius 1 is 1.14 bits per heavy atom. The number of amides is 2. The van der Waals surface area contributed by atoms with Gasteiger partial charge in [-0.15, -0.1) is 11.8 Å². The molecule has 4 rings (SSSR count). The molecule has 2 heterocycles. The van der Waals surface area contributed by atoms with Crippen molar-refractivity contribution in [3.05, 3.63) is 82.9 Å². The Bertz CT molecular complexity index is 1280. The quantitative estimate of drug-likeness (QED) is 0.367. The number of ether oxygens (including phenoxy) is 1. The average Bonchev–Trinajstić information content (AvgIpc) is 3.30. The fraction of sp³-hybridized carbons (Fsp3) is 0.308. The number of aromatic nitrogens is 2. The van der Waals surface area contributed by atoms with Gasteiger partial charge in [0.15, 0.2) is 5.69 Å². The first kappa shape index (κ1) is 25.4. The fourth-order valence-electron chi connectivity index (χ4n) is 4.08. The maximum Gasteiger partial charge on any atom is 0.358 e. The van der Waals surface area contributed by atoms with Crippen LogP contribution in [0.5, 0.6) is 0 Å². The summed E-state index contributed by atoms with van der Waals surface area (Å²) in [5.41, 5.74) is 0.500. The Balaban J connectivity index is 1.65. The van der Waals surface area contributed by atoms with Crippen LogP contribution in [0.2, 0.25) is 0 Å². The largest absolute Gasteiger partial charge is 0.461 e. The maximum atomic E-state index is 13.7. The maximum absolute atomic E-state index is 13.7. The summed E-state index contributed by atoms with van der Waals surface area (Å²) in [5, 5.41) is 7.13. The van der Waals surface area contributed by atoms with Gasteiger partial charge in [-0.25, -0.2) is 9.18 Å². The number of fused-ring (bicyclic) bond motifs is 1. The lowest BCUT2D eigenvalue weighted by Crippen LogP contribution is -2.63. The van der Waals surface area contributed by atoms with Crippen LogP contribution >= 0.6 is 11.8 Å². The van der Waals surface area contributed by atoms with Crippen LogP contribution < -0.4 is 5.32 Å². The SMILES string of the molecule is CCOC(=O)c1cc2n(n1)CC(C)(C(=O)NCc1ccc(F)cc1)N(Cc1ccc(SC)cc1)C2=O. The molecule has 0 bridgehead atoms. The van der Waals surface area contributed by atoms with E-state index in [0.29, 0.717) is 0 Å². The van der Waals surface area contributed by atoms with Crippen molar-refractivity contribution >= 4 is 29.5 Å². The van der Waals surface area contributed by atoms with Gasteiger partial charge in [0.05, 0.1) is 13.2 Å². The minimum Gasteiger partial charge on any atom is -0.461 e. The number of halogens is 1. The molecule has 1 aromatic heterocycles. The average molecular weight is 511 g/mol. The molecular weight excluding hydrogens is 483 g/mol. The Morgan fingerprint density at radius 3 is 2.44 bits per heavy atom. The highest BCUT2D eigenvalue weighted by atomic mass is 32.2. The molecule has 2 aromatic carbocycles. The van der Waals surface area contributed by atoms with Crippen LogP contribution in [-0.2, 0) is 29.2 Å². The molecule has 0 aliphatic carbocycles. The Morgan fingerprint density at radius 2 is 1.81 bits per heavy atom. The number of esters is 1. The summed E-state index contributed by atoms with van der Waals surface area (Å²) in [4.78, 5) is 42.0. The number of nitrogens with one attached hydrogen (secondary N) is 1. The van der Waals surface area contributed by atoms with E-state index in [2.05, 4.69) is 10.4 Å². The number of thioether (sulfide) groups is 1. The second-order valence-electron chi connectivity index (χ2n) is 8.62. The lowest BCUT2D eigenvalue weighted by atomic mass is 9.94. The smallest absolute Gasteiger partial charge is 0.358 e. The number of hydrogen-bond donors (Lipinski definition) is 1. The predicted octanol–water partition coefficient (Wildman–Crippen LogP) is 3.65. The van der Waals surface area contributed by atoms with E-state index in [4.69, 9.17) is 4.74 Å². The zero-order valence-corrected chi connectivity index (χ0v) is 21.1. The van der Waals surface area contributed by atoms with Gasteiger partial charge in [0.2, 0.25) is 5.91 Å². The van der Waals surface area contributed by atoms with Crippen LogP contribution in [0.3, 0.4) is 0 Å². The molecule has 3 aromatic rings. The standard InChI is InChI=1S/C26H27FN4O4S/c1-4-35-24(33)21-13-22-23(32)30(15-18-7-11-20(36-3)12-8-18)26(2,16-31(22)29-21)25(34)28-14-17-5-9-19(27)10-6-17/h5-13H,4,14-16H2,1-3H3,(H,28,34). The summed E-state index contributed by atoms with van der Waals surface area (Å²) in [7, 11) is 0. The monoisotopic (exact) mass is 510 g/mol. The van der Waals surface area contributed by atoms with Crippen molar-refractivity contribution in [1.82, 2.24) is 20.0 Å². The summed E-state index contributed by atoms with van der Waals surface area (Å²) in [6, 6.07) is 15.0. The van der Waals surface area contributed by atoms with Crippen molar-refractivity contribution < 1.29 is 23.5 Å². The van der Waals surface area contributed by atoms with Crippen molar-refractivity contribution in [3.8, 4) is 0 Å². The lowest BCUT2D eigenvalue weighted by Gasteiger charge is -2.43. The molecule has 8 nitrogen and oxygen atoms in total. The van der Waals surface area contributed by atoms with E-state index in [1.165, 1.54) is 27.8 Å². The zero-order chi connectivity index (χ0) is 25.9. The lowest BCUT2D eigenvalue weighted by molar-refractivity contribution is -0.133. The molecule has 188 valence electrons. The molecule has 0 fully saturated rings. The van der Waals surface area contributed by atoms with Gasteiger partial charge < -0.3 is 15.0 Å². The minimum absolute atomic E-state index is 0.0143. The molecule has 0 saturated carbocycles. The van der Waals surface area contributed by atoms with Crippen molar-refractivity contribution in [2.75, 3.05) is 12.9 Å². The third-order valence-electron chi connectivity index (χ3n) is 6.14. The normalized spacial score (nSPS) is 17.0.